The zero-order chi connectivity index (χ0) is 28.7. The molecule has 1 aliphatic rings. The molecule has 1 fully saturated rings. The van der Waals surface area contributed by atoms with Crippen LogP contribution >= 0.6 is 0 Å². The molecule has 212 valence electrons. The maximum atomic E-state index is 13.3. The molecule has 0 bridgehead atoms. The van der Waals surface area contributed by atoms with Crippen LogP contribution in [0.5, 0.6) is 0 Å². The summed E-state index contributed by atoms with van der Waals surface area (Å²) >= 11 is 0. The van der Waals surface area contributed by atoms with Crippen molar-refractivity contribution >= 4 is 29.2 Å². The first-order chi connectivity index (χ1) is 18.3. The van der Waals surface area contributed by atoms with Crippen LogP contribution in [0.3, 0.4) is 0 Å². The number of nitrogens with one attached hydrogen (secondary N) is 4. The lowest BCUT2D eigenvalue weighted by Crippen LogP contribution is -2.43. The van der Waals surface area contributed by atoms with Crippen molar-refractivity contribution in [3.63, 3.8) is 0 Å². The number of urea groups is 1. The first-order valence-corrected chi connectivity index (χ1v) is 12.7. The van der Waals surface area contributed by atoms with Crippen LogP contribution in [-0.4, -0.2) is 68.6 Å². The van der Waals surface area contributed by atoms with Crippen LogP contribution in [0.2, 0.25) is 0 Å². The van der Waals surface area contributed by atoms with E-state index in [0.717, 1.165) is 42.9 Å². The molecule has 9 nitrogen and oxygen atoms in total. The molecular formula is C27H35F3N6O3. The van der Waals surface area contributed by atoms with Gasteiger partial charge in [-0.3, -0.25) is 14.5 Å². The van der Waals surface area contributed by atoms with Crippen molar-refractivity contribution in [2.24, 2.45) is 0 Å². The van der Waals surface area contributed by atoms with E-state index in [1.165, 1.54) is 0 Å². The number of carbonyl (C=O) groups excluding carboxylic acids is 3. The number of anilines is 2. The van der Waals surface area contributed by atoms with E-state index in [-0.39, 0.29) is 17.8 Å². The van der Waals surface area contributed by atoms with Crippen LogP contribution in [0.15, 0.2) is 42.5 Å². The summed E-state index contributed by atoms with van der Waals surface area (Å²) in [4.78, 5) is 41.6. The van der Waals surface area contributed by atoms with Gasteiger partial charge in [-0.15, -0.1) is 0 Å². The van der Waals surface area contributed by atoms with Gasteiger partial charge in [0.2, 0.25) is 5.91 Å². The second-order valence-corrected chi connectivity index (χ2v) is 10.0. The molecule has 0 aliphatic carbocycles. The zero-order valence-corrected chi connectivity index (χ0v) is 22.5. The third kappa shape index (κ3) is 8.88. The Kier molecular flexibility index (Phi) is 9.79. The van der Waals surface area contributed by atoms with Crippen LogP contribution in [0.4, 0.5) is 29.3 Å². The van der Waals surface area contributed by atoms with Crippen LogP contribution in [0.25, 0.3) is 0 Å². The summed E-state index contributed by atoms with van der Waals surface area (Å²) in [5.41, 5.74) is 0.717. The summed E-state index contributed by atoms with van der Waals surface area (Å²) in [6.45, 7) is 5.18. The third-order valence-electron chi connectivity index (χ3n) is 6.17. The number of rotatable bonds is 9. The van der Waals surface area contributed by atoms with Gasteiger partial charge in [0, 0.05) is 51.5 Å². The van der Waals surface area contributed by atoms with Crippen LogP contribution in [0.1, 0.15) is 41.8 Å². The van der Waals surface area contributed by atoms with E-state index in [9.17, 15) is 27.6 Å². The first kappa shape index (κ1) is 29.8. The molecule has 0 spiro atoms. The van der Waals surface area contributed by atoms with Gasteiger partial charge in [0.1, 0.15) is 0 Å². The van der Waals surface area contributed by atoms with Gasteiger partial charge in [-0.2, -0.15) is 13.2 Å². The average molecular weight is 549 g/mol. The Morgan fingerprint density at radius 3 is 2.38 bits per heavy atom. The number of hydrogen-bond donors (Lipinski definition) is 4. The second-order valence-electron chi connectivity index (χ2n) is 10.0. The highest BCUT2D eigenvalue weighted by molar-refractivity contribution is 6.04. The van der Waals surface area contributed by atoms with E-state index >= 15 is 0 Å². The van der Waals surface area contributed by atoms with Crippen molar-refractivity contribution in [3.8, 4) is 0 Å². The van der Waals surface area contributed by atoms with Gasteiger partial charge in [-0.05, 0) is 56.2 Å². The van der Waals surface area contributed by atoms with Gasteiger partial charge >= 0.3 is 12.2 Å². The smallest absolute Gasteiger partial charge is 0.378 e. The standard InChI is InChI=1S/C27H35F3N6O3/c1-17(2)32-26(39)34-23-10-7-19(27(28,29)30)13-22(23)25(38)31-14-24(37)33-20-11-12-36(16-20)15-18-5-8-21(9-6-18)35(3)4/h5-10,13,17,20H,11-12,14-16H2,1-4H3,(H,31,38)(H,33,37)(H2,32,34,39)/t20-/m0/s1. The van der Waals surface area contributed by atoms with Crippen LogP contribution in [0, 0.1) is 0 Å². The fourth-order valence-corrected chi connectivity index (χ4v) is 4.22. The minimum absolute atomic E-state index is 0.107. The Hall–Kier alpha value is -3.80. The van der Waals surface area contributed by atoms with Gasteiger partial charge in [0.05, 0.1) is 23.4 Å². The lowest BCUT2D eigenvalue weighted by atomic mass is 10.1. The van der Waals surface area contributed by atoms with Crippen molar-refractivity contribution < 1.29 is 27.6 Å². The second kappa shape index (κ2) is 12.8. The molecule has 1 aliphatic heterocycles. The lowest BCUT2D eigenvalue weighted by Gasteiger charge is -2.18. The summed E-state index contributed by atoms with van der Waals surface area (Å²) in [5, 5.41) is 10.2. The van der Waals surface area contributed by atoms with Gasteiger partial charge in [0.15, 0.2) is 0 Å². The fourth-order valence-electron chi connectivity index (χ4n) is 4.22. The summed E-state index contributed by atoms with van der Waals surface area (Å²) < 4.78 is 39.8. The minimum atomic E-state index is -4.69. The predicted molar refractivity (Wildman–Crippen MR) is 144 cm³/mol. The van der Waals surface area contributed by atoms with Gasteiger partial charge in [0.25, 0.3) is 5.91 Å². The van der Waals surface area contributed by atoms with Gasteiger partial charge in [-0.1, -0.05) is 12.1 Å². The Labute approximate surface area is 226 Å². The highest BCUT2D eigenvalue weighted by Gasteiger charge is 2.32. The molecule has 2 aromatic rings. The van der Waals surface area contributed by atoms with E-state index in [1.807, 2.05) is 19.0 Å². The monoisotopic (exact) mass is 548 g/mol. The van der Waals surface area contributed by atoms with E-state index < -0.39 is 41.7 Å². The van der Waals surface area contributed by atoms with Gasteiger partial charge < -0.3 is 26.2 Å². The largest absolute Gasteiger partial charge is 0.416 e. The molecular weight excluding hydrogens is 513 g/mol. The maximum Gasteiger partial charge on any atom is 0.416 e. The average Bonchev–Trinajstić information content (AvgIpc) is 3.28. The molecule has 4 N–H and O–H groups in total. The summed E-state index contributed by atoms with van der Waals surface area (Å²) in [7, 11) is 3.96. The molecule has 1 atom stereocenters. The molecule has 0 unspecified atom stereocenters. The summed E-state index contributed by atoms with van der Waals surface area (Å²) in [5.74, 6) is -1.37. The van der Waals surface area contributed by atoms with Crippen molar-refractivity contribution in [1.29, 1.82) is 0 Å². The van der Waals surface area contributed by atoms with E-state index in [2.05, 4.69) is 50.4 Å². The van der Waals surface area contributed by atoms with E-state index in [1.54, 1.807) is 13.8 Å². The quantitative estimate of drug-likeness (QED) is 0.384. The minimum Gasteiger partial charge on any atom is -0.378 e. The fraction of sp³-hybridized carbons (Fsp3) is 0.444. The summed E-state index contributed by atoms with van der Waals surface area (Å²) in [6.07, 6.45) is -3.95. The Morgan fingerprint density at radius 1 is 1.08 bits per heavy atom. The number of carbonyl (C=O) groups is 3. The van der Waals surface area contributed by atoms with E-state index in [4.69, 9.17) is 0 Å². The number of nitrogens with zero attached hydrogens (tertiary/aromatic N) is 2. The molecule has 1 saturated heterocycles. The highest BCUT2D eigenvalue weighted by atomic mass is 19.4. The Bertz CT molecular complexity index is 1170. The number of alkyl halides is 3. The number of likely N-dealkylation sites (tertiary alicyclic amines) is 1. The van der Waals surface area contributed by atoms with Crippen LogP contribution < -0.4 is 26.2 Å². The molecule has 2 aromatic carbocycles. The molecule has 0 aromatic heterocycles. The number of amides is 4. The summed E-state index contributed by atoms with van der Waals surface area (Å²) in [6, 6.07) is 9.67. The third-order valence-corrected chi connectivity index (χ3v) is 6.17. The number of benzene rings is 2. The maximum absolute atomic E-state index is 13.3. The molecule has 4 amide bonds. The van der Waals surface area contributed by atoms with Crippen LogP contribution in [-0.2, 0) is 17.5 Å². The molecule has 12 heteroatoms. The molecule has 0 radical (unpaired) electrons. The van der Waals surface area contributed by atoms with Crippen molar-refractivity contribution in [2.45, 2.75) is 45.1 Å². The first-order valence-electron chi connectivity index (χ1n) is 12.7. The Balaban J connectivity index is 1.55. The van der Waals surface area contributed by atoms with Crippen molar-refractivity contribution in [1.82, 2.24) is 20.9 Å². The molecule has 39 heavy (non-hydrogen) atoms. The van der Waals surface area contributed by atoms with Crippen molar-refractivity contribution in [2.75, 3.05) is 43.9 Å². The zero-order valence-electron chi connectivity index (χ0n) is 22.5. The molecule has 3 rings (SSSR count). The van der Waals surface area contributed by atoms with Gasteiger partial charge in [-0.25, -0.2) is 4.79 Å². The van der Waals surface area contributed by atoms with Crippen molar-refractivity contribution in [3.05, 3.63) is 59.2 Å². The normalized spacial score (nSPS) is 15.6. The topological polar surface area (TPSA) is 106 Å². The highest BCUT2D eigenvalue weighted by Crippen LogP contribution is 2.32. The lowest BCUT2D eigenvalue weighted by molar-refractivity contribution is -0.137. The number of halogens is 3. The molecule has 1 heterocycles. The Morgan fingerprint density at radius 2 is 1.77 bits per heavy atom. The molecule has 0 saturated carbocycles. The predicted octanol–water partition coefficient (Wildman–Crippen LogP) is 3.42. The van der Waals surface area contributed by atoms with E-state index in [0.29, 0.717) is 12.6 Å². The number of hydrogen-bond acceptors (Lipinski definition) is 5. The SMILES string of the molecule is CC(C)NC(=O)Nc1ccc(C(F)(F)F)cc1C(=O)NCC(=O)N[C@H]1CCN(Cc2ccc(N(C)C)cc2)C1.